The third kappa shape index (κ3) is 4.41. The molecule has 0 radical (unpaired) electrons. The van der Waals surface area contributed by atoms with E-state index in [4.69, 9.17) is 4.74 Å². The van der Waals surface area contributed by atoms with Gasteiger partial charge in [-0.3, -0.25) is 4.90 Å². The van der Waals surface area contributed by atoms with E-state index in [1.807, 2.05) is 24.9 Å². The molecular formula is C14H22BrN3O2. The molecule has 1 N–H and O–H groups in total. The van der Waals surface area contributed by atoms with Gasteiger partial charge in [0.1, 0.15) is 5.82 Å². The predicted octanol–water partition coefficient (Wildman–Crippen LogP) is 1.28. The number of aryl methyl sites for hydroxylation is 1. The van der Waals surface area contributed by atoms with E-state index in [2.05, 4.69) is 25.8 Å². The standard InChI is InChI=1S/C14H22BrN3O2/c1-11-7-14(16-8-13(11)15)17(2)9-12(19)10-18-3-5-20-6-4-18/h7-8,12,19H,3-6,9-10H2,1-2H3. The molecule has 1 atom stereocenters. The summed E-state index contributed by atoms with van der Waals surface area (Å²) in [5, 5.41) is 10.2. The quantitative estimate of drug-likeness (QED) is 0.872. The first-order chi connectivity index (χ1) is 9.56. The van der Waals surface area contributed by atoms with Crippen LogP contribution in [0.2, 0.25) is 0 Å². The van der Waals surface area contributed by atoms with Gasteiger partial charge in [-0.1, -0.05) is 0 Å². The SMILES string of the molecule is Cc1cc(N(C)CC(O)CN2CCOCC2)ncc1Br. The smallest absolute Gasteiger partial charge is 0.128 e. The first-order valence-electron chi connectivity index (χ1n) is 6.87. The highest BCUT2D eigenvalue weighted by Gasteiger charge is 2.17. The van der Waals surface area contributed by atoms with Crippen LogP contribution in [0.5, 0.6) is 0 Å². The van der Waals surface area contributed by atoms with Crippen molar-refractivity contribution in [3.63, 3.8) is 0 Å². The second-order valence-electron chi connectivity index (χ2n) is 5.24. The number of aromatic nitrogens is 1. The summed E-state index contributed by atoms with van der Waals surface area (Å²) in [6, 6.07) is 2.02. The largest absolute Gasteiger partial charge is 0.390 e. The number of β-amino-alcohol motifs (C(OH)–C–C–N with tert-alkyl or cyclic N) is 1. The van der Waals surface area contributed by atoms with Crippen LogP contribution in [0.25, 0.3) is 0 Å². The van der Waals surface area contributed by atoms with Gasteiger partial charge in [-0.15, -0.1) is 0 Å². The van der Waals surface area contributed by atoms with E-state index in [-0.39, 0.29) is 6.10 Å². The lowest BCUT2D eigenvalue weighted by molar-refractivity contribution is 0.0162. The Labute approximate surface area is 128 Å². The molecule has 1 saturated heterocycles. The maximum atomic E-state index is 10.2. The predicted molar refractivity (Wildman–Crippen MR) is 83.2 cm³/mol. The number of ether oxygens (including phenoxy) is 1. The van der Waals surface area contributed by atoms with Crippen LogP contribution in [0.3, 0.4) is 0 Å². The van der Waals surface area contributed by atoms with Crippen LogP contribution in [-0.4, -0.2) is 67.5 Å². The minimum Gasteiger partial charge on any atom is -0.390 e. The highest BCUT2D eigenvalue weighted by Crippen LogP contribution is 2.19. The number of hydrogen-bond donors (Lipinski definition) is 1. The van der Waals surface area contributed by atoms with Crippen LogP contribution in [0, 0.1) is 6.92 Å². The van der Waals surface area contributed by atoms with Crippen molar-refractivity contribution in [1.29, 1.82) is 0 Å². The molecule has 2 rings (SSSR count). The van der Waals surface area contributed by atoms with E-state index in [0.29, 0.717) is 13.1 Å². The third-order valence-corrected chi connectivity index (χ3v) is 4.31. The molecule has 0 amide bonds. The van der Waals surface area contributed by atoms with Crippen molar-refractivity contribution in [3.8, 4) is 0 Å². The van der Waals surface area contributed by atoms with E-state index >= 15 is 0 Å². The zero-order valence-corrected chi connectivity index (χ0v) is 13.6. The van der Waals surface area contributed by atoms with E-state index in [1.165, 1.54) is 0 Å². The Morgan fingerprint density at radius 3 is 2.85 bits per heavy atom. The minimum atomic E-state index is -0.385. The summed E-state index contributed by atoms with van der Waals surface area (Å²) in [5.74, 6) is 0.881. The molecular weight excluding hydrogens is 322 g/mol. The summed E-state index contributed by atoms with van der Waals surface area (Å²) in [5.41, 5.74) is 1.14. The Morgan fingerprint density at radius 2 is 2.20 bits per heavy atom. The van der Waals surface area contributed by atoms with Gasteiger partial charge >= 0.3 is 0 Å². The van der Waals surface area contributed by atoms with Crippen LogP contribution in [0.1, 0.15) is 5.56 Å². The van der Waals surface area contributed by atoms with E-state index in [1.54, 1.807) is 6.20 Å². The zero-order valence-electron chi connectivity index (χ0n) is 12.0. The normalized spacial score (nSPS) is 18.0. The van der Waals surface area contributed by atoms with Crippen LogP contribution < -0.4 is 4.90 Å². The fraction of sp³-hybridized carbons (Fsp3) is 0.643. The highest BCUT2D eigenvalue weighted by atomic mass is 79.9. The van der Waals surface area contributed by atoms with Crippen molar-refractivity contribution < 1.29 is 9.84 Å². The number of likely N-dealkylation sites (N-methyl/N-ethyl adjacent to an activating group) is 1. The number of rotatable bonds is 5. The van der Waals surface area contributed by atoms with Crippen molar-refractivity contribution in [2.75, 3.05) is 51.3 Å². The monoisotopic (exact) mass is 343 g/mol. The lowest BCUT2D eigenvalue weighted by Crippen LogP contribution is -2.44. The van der Waals surface area contributed by atoms with Crippen molar-refractivity contribution in [1.82, 2.24) is 9.88 Å². The highest BCUT2D eigenvalue weighted by molar-refractivity contribution is 9.10. The topological polar surface area (TPSA) is 48.8 Å². The Kier molecular flexibility index (Phi) is 5.77. The Balaban J connectivity index is 1.86. The number of halogens is 1. The Hall–Kier alpha value is -0.690. The molecule has 0 spiro atoms. The molecule has 0 aliphatic carbocycles. The van der Waals surface area contributed by atoms with Crippen molar-refractivity contribution in [2.24, 2.45) is 0 Å². The van der Waals surface area contributed by atoms with Gasteiger partial charge in [0.15, 0.2) is 0 Å². The van der Waals surface area contributed by atoms with E-state index in [0.717, 1.165) is 42.2 Å². The maximum Gasteiger partial charge on any atom is 0.128 e. The lowest BCUT2D eigenvalue weighted by atomic mass is 10.2. The van der Waals surface area contributed by atoms with Gasteiger partial charge in [0.25, 0.3) is 0 Å². The lowest BCUT2D eigenvalue weighted by Gasteiger charge is -2.30. The summed E-state index contributed by atoms with van der Waals surface area (Å²) in [4.78, 5) is 8.60. The molecule has 1 unspecified atom stereocenters. The van der Waals surface area contributed by atoms with Gasteiger partial charge in [-0.05, 0) is 34.5 Å². The third-order valence-electron chi connectivity index (χ3n) is 3.48. The van der Waals surface area contributed by atoms with Gasteiger partial charge in [-0.25, -0.2) is 4.98 Å². The van der Waals surface area contributed by atoms with Crippen LogP contribution in [0.4, 0.5) is 5.82 Å². The van der Waals surface area contributed by atoms with E-state index in [9.17, 15) is 5.11 Å². The van der Waals surface area contributed by atoms with Crippen LogP contribution >= 0.6 is 15.9 Å². The molecule has 0 bridgehead atoms. The van der Waals surface area contributed by atoms with Gasteiger partial charge in [-0.2, -0.15) is 0 Å². The van der Waals surface area contributed by atoms with Crippen molar-refractivity contribution in [3.05, 3.63) is 22.3 Å². The zero-order chi connectivity index (χ0) is 14.5. The van der Waals surface area contributed by atoms with Gasteiger partial charge in [0.2, 0.25) is 0 Å². The number of nitrogens with zero attached hydrogens (tertiary/aromatic N) is 3. The van der Waals surface area contributed by atoms with Crippen LogP contribution in [-0.2, 0) is 4.74 Å². The number of anilines is 1. The first-order valence-corrected chi connectivity index (χ1v) is 7.67. The van der Waals surface area contributed by atoms with Gasteiger partial charge in [0.05, 0.1) is 19.3 Å². The molecule has 112 valence electrons. The molecule has 6 heteroatoms. The van der Waals surface area contributed by atoms with Gasteiger partial charge < -0.3 is 14.7 Å². The average molecular weight is 344 g/mol. The fourth-order valence-electron chi connectivity index (χ4n) is 2.28. The summed E-state index contributed by atoms with van der Waals surface area (Å²) in [6.07, 6.45) is 1.42. The van der Waals surface area contributed by atoms with Crippen molar-refractivity contribution in [2.45, 2.75) is 13.0 Å². The molecule has 1 aliphatic heterocycles. The van der Waals surface area contributed by atoms with Crippen molar-refractivity contribution >= 4 is 21.7 Å². The first kappa shape index (κ1) is 15.7. The molecule has 1 aliphatic rings. The summed E-state index contributed by atoms with van der Waals surface area (Å²) in [7, 11) is 1.96. The molecule has 1 fully saturated rings. The molecule has 1 aromatic heterocycles. The second-order valence-corrected chi connectivity index (χ2v) is 6.09. The molecule has 1 aromatic rings. The number of pyridine rings is 1. The van der Waals surface area contributed by atoms with Gasteiger partial charge in [0, 0.05) is 43.9 Å². The minimum absolute atomic E-state index is 0.385. The number of aliphatic hydroxyl groups excluding tert-OH is 1. The molecule has 20 heavy (non-hydrogen) atoms. The Bertz CT molecular complexity index is 438. The second kappa shape index (κ2) is 7.36. The average Bonchev–Trinajstić information content (AvgIpc) is 2.42. The summed E-state index contributed by atoms with van der Waals surface area (Å²) < 4.78 is 6.31. The Morgan fingerprint density at radius 1 is 1.50 bits per heavy atom. The molecule has 0 saturated carbocycles. The van der Waals surface area contributed by atoms with E-state index < -0.39 is 0 Å². The van der Waals surface area contributed by atoms with Crippen LogP contribution in [0.15, 0.2) is 16.7 Å². The number of hydrogen-bond acceptors (Lipinski definition) is 5. The number of aliphatic hydroxyl groups is 1. The molecule has 5 nitrogen and oxygen atoms in total. The maximum absolute atomic E-state index is 10.2. The summed E-state index contributed by atoms with van der Waals surface area (Å²) in [6.45, 7) is 6.61. The molecule has 0 aromatic carbocycles. The fourth-order valence-corrected chi connectivity index (χ4v) is 2.50. The summed E-state index contributed by atoms with van der Waals surface area (Å²) >= 11 is 3.45. The number of morpholine rings is 1. The molecule has 2 heterocycles.